The van der Waals surface area contributed by atoms with Gasteiger partial charge in [-0.25, -0.2) is 18.7 Å². The summed E-state index contributed by atoms with van der Waals surface area (Å²) in [7, 11) is 0. The van der Waals surface area contributed by atoms with E-state index in [1.54, 1.807) is 6.20 Å². The Kier molecular flexibility index (Phi) is 3.73. The number of anilines is 1. The van der Waals surface area contributed by atoms with Gasteiger partial charge < -0.3 is 5.32 Å². The van der Waals surface area contributed by atoms with Gasteiger partial charge in [-0.1, -0.05) is 0 Å². The summed E-state index contributed by atoms with van der Waals surface area (Å²) in [5.74, 6) is 0.411. The molecule has 0 amide bonds. The third-order valence-electron chi connectivity index (χ3n) is 1.87. The molecule has 0 unspecified atom stereocenters. The average molecular weight is 201 g/mol. The lowest BCUT2D eigenvalue weighted by Crippen LogP contribution is -2.09. The van der Waals surface area contributed by atoms with E-state index in [-0.39, 0.29) is 13.0 Å². The minimum absolute atomic E-state index is 0.184. The summed E-state index contributed by atoms with van der Waals surface area (Å²) in [5, 5.41) is 2.74. The number of alkyl halides is 2. The molecule has 0 radical (unpaired) electrons. The molecular weight excluding hydrogens is 188 g/mol. The molecule has 0 spiro atoms. The lowest BCUT2D eigenvalue weighted by molar-refractivity contribution is 0.142. The van der Waals surface area contributed by atoms with Crippen LogP contribution in [0.4, 0.5) is 14.7 Å². The standard InChI is InChI=1S/C9H13F2N3/c1-6-5-13-9(14-7(6)2)12-4-3-8(10)11/h5,8H,3-4H2,1-2H3,(H,12,13,14). The lowest BCUT2D eigenvalue weighted by Gasteiger charge is -2.05. The molecule has 0 atom stereocenters. The molecule has 1 rings (SSSR count). The van der Waals surface area contributed by atoms with E-state index in [0.717, 1.165) is 11.3 Å². The van der Waals surface area contributed by atoms with Gasteiger partial charge in [0.2, 0.25) is 12.4 Å². The van der Waals surface area contributed by atoms with Gasteiger partial charge in [-0.15, -0.1) is 0 Å². The van der Waals surface area contributed by atoms with Crippen LogP contribution < -0.4 is 5.32 Å². The normalized spacial score (nSPS) is 10.6. The van der Waals surface area contributed by atoms with Crippen molar-refractivity contribution in [1.29, 1.82) is 0 Å². The zero-order valence-corrected chi connectivity index (χ0v) is 8.22. The van der Waals surface area contributed by atoms with E-state index in [2.05, 4.69) is 15.3 Å². The number of hydrogen-bond acceptors (Lipinski definition) is 3. The van der Waals surface area contributed by atoms with E-state index in [1.165, 1.54) is 0 Å². The highest BCUT2D eigenvalue weighted by atomic mass is 19.3. The van der Waals surface area contributed by atoms with Crippen LogP contribution >= 0.6 is 0 Å². The topological polar surface area (TPSA) is 37.8 Å². The lowest BCUT2D eigenvalue weighted by atomic mass is 10.3. The van der Waals surface area contributed by atoms with Crippen LogP contribution in [0.1, 0.15) is 17.7 Å². The van der Waals surface area contributed by atoms with E-state index in [4.69, 9.17) is 0 Å². The molecule has 1 heterocycles. The summed E-state index contributed by atoms with van der Waals surface area (Å²) in [6.45, 7) is 3.95. The third kappa shape index (κ3) is 3.24. The van der Waals surface area contributed by atoms with Gasteiger partial charge in [-0.3, -0.25) is 0 Å². The van der Waals surface area contributed by atoms with Gasteiger partial charge in [-0.05, 0) is 19.4 Å². The second-order valence-electron chi connectivity index (χ2n) is 3.07. The predicted molar refractivity (Wildman–Crippen MR) is 50.6 cm³/mol. The van der Waals surface area contributed by atoms with Crippen molar-refractivity contribution >= 4 is 5.95 Å². The zero-order valence-electron chi connectivity index (χ0n) is 8.22. The SMILES string of the molecule is Cc1cnc(NCCC(F)F)nc1C. The number of hydrogen-bond donors (Lipinski definition) is 1. The minimum atomic E-state index is -2.28. The first-order chi connectivity index (χ1) is 6.59. The van der Waals surface area contributed by atoms with Gasteiger partial charge in [0, 0.05) is 24.9 Å². The molecule has 78 valence electrons. The number of aryl methyl sites for hydroxylation is 2. The summed E-state index contributed by atoms with van der Waals surface area (Å²) >= 11 is 0. The molecule has 1 N–H and O–H groups in total. The van der Waals surface area contributed by atoms with E-state index in [1.807, 2.05) is 13.8 Å². The Morgan fingerprint density at radius 2 is 2.14 bits per heavy atom. The molecule has 0 saturated carbocycles. The first-order valence-electron chi connectivity index (χ1n) is 4.42. The molecular formula is C9H13F2N3. The molecule has 0 fully saturated rings. The molecule has 0 aromatic carbocycles. The summed E-state index contributed by atoms with van der Waals surface area (Å²) < 4.78 is 23.6. The molecule has 3 nitrogen and oxygen atoms in total. The van der Waals surface area contributed by atoms with Crippen molar-refractivity contribution in [2.75, 3.05) is 11.9 Å². The first-order valence-corrected chi connectivity index (χ1v) is 4.42. The molecule has 0 aliphatic rings. The van der Waals surface area contributed by atoms with Crippen molar-refractivity contribution < 1.29 is 8.78 Å². The van der Waals surface area contributed by atoms with Gasteiger partial charge in [-0.2, -0.15) is 0 Å². The Hall–Kier alpha value is -1.26. The molecule has 1 aromatic heterocycles. The highest BCUT2D eigenvalue weighted by Crippen LogP contribution is 2.05. The van der Waals surface area contributed by atoms with Gasteiger partial charge >= 0.3 is 0 Å². The number of halogens is 2. The van der Waals surface area contributed by atoms with E-state index < -0.39 is 6.43 Å². The van der Waals surface area contributed by atoms with Crippen molar-refractivity contribution in [3.05, 3.63) is 17.5 Å². The van der Waals surface area contributed by atoms with E-state index >= 15 is 0 Å². The Balaban J connectivity index is 2.47. The molecule has 0 saturated heterocycles. The summed E-state index contributed by atoms with van der Waals surface area (Å²) in [4.78, 5) is 8.07. The number of nitrogens with one attached hydrogen (secondary N) is 1. The smallest absolute Gasteiger partial charge is 0.240 e. The number of nitrogens with zero attached hydrogens (tertiary/aromatic N) is 2. The quantitative estimate of drug-likeness (QED) is 0.811. The van der Waals surface area contributed by atoms with Crippen LogP contribution in [-0.2, 0) is 0 Å². The summed E-state index contributed by atoms with van der Waals surface area (Å²) in [5.41, 5.74) is 1.85. The van der Waals surface area contributed by atoms with Crippen LogP contribution in [0.5, 0.6) is 0 Å². The van der Waals surface area contributed by atoms with Crippen LogP contribution in [0.15, 0.2) is 6.20 Å². The Labute approximate surface area is 81.6 Å². The van der Waals surface area contributed by atoms with Crippen LogP contribution in [0.2, 0.25) is 0 Å². The maximum atomic E-state index is 11.8. The van der Waals surface area contributed by atoms with E-state index in [9.17, 15) is 8.78 Å². The Morgan fingerprint density at radius 1 is 1.43 bits per heavy atom. The molecule has 5 heteroatoms. The molecule has 0 bridgehead atoms. The molecule has 1 aromatic rings. The molecule has 0 aliphatic carbocycles. The maximum Gasteiger partial charge on any atom is 0.240 e. The monoisotopic (exact) mass is 201 g/mol. The fraction of sp³-hybridized carbons (Fsp3) is 0.556. The van der Waals surface area contributed by atoms with Crippen LogP contribution in [-0.4, -0.2) is 22.9 Å². The second kappa shape index (κ2) is 4.83. The zero-order chi connectivity index (χ0) is 10.6. The second-order valence-corrected chi connectivity index (χ2v) is 3.07. The van der Waals surface area contributed by atoms with Crippen LogP contribution in [0.3, 0.4) is 0 Å². The average Bonchev–Trinajstić information content (AvgIpc) is 2.10. The molecule has 14 heavy (non-hydrogen) atoms. The van der Waals surface area contributed by atoms with Crippen molar-refractivity contribution in [2.45, 2.75) is 26.7 Å². The number of aromatic nitrogens is 2. The third-order valence-corrected chi connectivity index (χ3v) is 1.87. The number of rotatable bonds is 4. The van der Waals surface area contributed by atoms with E-state index in [0.29, 0.717) is 5.95 Å². The molecule has 0 aliphatic heterocycles. The van der Waals surface area contributed by atoms with Gasteiger partial charge in [0.25, 0.3) is 0 Å². The maximum absolute atomic E-state index is 11.8. The fourth-order valence-electron chi connectivity index (χ4n) is 0.906. The van der Waals surface area contributed by atoms with Gasteiger partial charge in [0.1, 0.15) is 0 Å². The van der Waals surface area contributed by atoms with Crippen molar-refractivity contribution in [1.82, 2.24) is 9.97 Å². The fourth-order valence-corrected chi connectivity index (χ4v) is 0.906. The van der Waals surface area contributed by atoms with Crippen LogP contribution in [0.25, 0.3) is 0 Å². The summed E-state index contributed by atoms with van der Waals surface area (Å²) in [6, 6.07) is 0. The Bertz CT molecular complexity index is 302. The van der Waals surface area contributed by atoms with Crippen molar-refractivity contribution in [3.8, 4) is 0 Å². The van der Waals surface area contributed by atoms with Gasteiger partial charge in [0.05, 0.1) is 0 Å². The van der Waals surface area contributed by atoms with Crippen LogP contribution in [0, 0.1) is 13.8 Å². The predicted octanol–water partition coefficient (Wildman–Crippen LogP) is 2.16. The van der Waals surface area contributed by atoms with Gasteiger partial charge in [0.15, 0.2) is 0 Å². The Morgan fingerprint density at radius 3 is 2.71 bits per heavy atom. The summed E-state index contributed by atoms with van der Waals surface area (Å²) in [6.07, 6.45) is -0.794. The van der Waals surface area contributed by atoms with Crippen molar-refractivity contribution in [3.63, 3.8) is 0 Å². The highest BCUT2D eigenvalue weighted by molar-refractivity contribution is 5.28. The first kappa shape index (κ1) is 10.8. The minimum Gasteiger partial charge on any atom is -0.354 e. The largest absolute Gasteiger partial charge is 0.354 e. The van der Waals surface area contributed by atoms with Crippen molar-refractivity contribution in [2.24, 2.45) is 0 Å². The highest BCUT2D eigenvalue weighted by Gasteiger charge is 2.03.